The summed E-state index contributed by atoms with van der Waals surface area (Å²) in [5.41, 5.74) is 0. The lowest BCUT2D eigenvalue weighted by atomic mass is 10.0. The molecule has 0 aliphatic carbocycles. The molecule has 0 saturated carbocycles. The number of hydrogen-bond donors (Lipinski definition) is 2. The number of carbonyl (C=O) groups excluding carboxylic acids is 1. The van der Waals surface area contributed by atoms with Crippen LogP contribution >= 0.6 is 0 Å². The number of hydrogen-bond acceptors (Lipinski definition) is 5. The monoisotopic (exact) mass is 297 g/mol. The van der Waals surface area contributed by atoms with E-state index in [0.717, 1.165) is 0 Å². The second-order valence-electron chi connectivity index (χ2n) is 5.22. The molecule has 1 aliphatic rings. The van der Waals surface area contributed by atoms with Crippen molar-refractivity contribution in [2.75, 3.05) is 19.8 Å². The fourth-order valence-corrected chi connectivity index (χ4v) is 2.60. The molecule has 2 heterocycles. The summed E-state index contributed by atoms with van der Waals surface area (Å²) in [6.45, 7) is 3.40. The zero-order valence-electron chi connectivity index (χ0n) is 12.3. The number of nitrogens with zero attached hydrogens (tertiary/aromatic N) is 3. The highest BCUT2D eigenvalue weighted by Gasteiger charge is 2.36. The number of aliphatic hydroxyl groups is 2. The standard InChI is InChI=1S/C14H23N3O4/c1-2-17(11-9-21-10-12(18)14(11)20)13(19)5-3-7-16-8-4-6-15-16/h4,6,8,11-12,14,18,20H,2-3,5,7,9-10H2,1H3/t11-,12-,14+/m1/s1. The lowest BCUT2D eigenvalue weighted by Crippen LogP contribution is -2.57. The fourth-order valence-electron chi connectivity index (χ4n) is 2.60. The molecule has 3 atom stereocenters. The number of aliphatic hydroxyl groups excluding tert-OH is 2. The molecule has 7 heteroatoms. The van der Waals surface area contributed by atoms with Gasteiger partial charge in [-0.05, 0) is 19.4 Å². The Bertz CT molecular complexity index is 437. The van der Waals surface area contributed by atoms with Crippen LogP contribution in [-0.2, 0) is 16.1 Å². The highest BCUT2D eigenvalue weighted by Crippen LogP contribution is 2.16. The van der Waals surface area contributed by atoms with Gasteiger partial charge in [0.15, 0.2) is 0 Å². The van der Waals surface area contributed by atoms with Crippen molar-refractivity contribution in [1.29, 1.82) is 0 Å². The Kier molecular flexibility index (Phi) is 5.72. The van der Waals surface area contributed by atoms with E-state index in [1.165, 1.54) is 0 Å². The molecule has 0 aromatic carbocycles. The first kappa shape index (κ1) is 15.9. The van der Waals surface area contributed by atoms with Crippen molar-refractivity contribution in [3.05, 3.63) is 18.5 Å². The van der Waals surface area contributed by atoms with Gasteiger partial charge in [0.1, 0.15) is 12.2 Å². The molecular formula is C14H23N3O4. The van der Waals surface area contributed by atoms with E-state index in [0.29, 0.717) is 25.9 Å². The van der Waals surface area contributed by atoms with Gasteiger partial charge in [-0.3, -0.25) is 9.48 Å². The van der Waals surface area contributed by atoms with Crippen LogP contribution in [0.1, 0.15) is 19.8 Å². The van der Waals surface area contributed by atoms with E-state index in [1.54, 1.807) is 15.8 Å². The van der Waals surface area contributed by atoms with Crippen molar-refractivity contribution in [3.63, 3.8) is 0 Å². The first-order valence-electron chi connectivity index (χ1n) is 7.34. The van der Waals surface area contributed by atoms with E-state index in [9.17, 15) is 15.0 Å². The third-order valence-electron chi connectivity index (χ3n) is 3.76. The van der Waals surface area contributed by atoms with Crippen molar-refractivity contribution < 1.29 is 19.7 Å². The van der Waals surface area contributed by atoms with Crippen LogP contribution in [0.4, 0.5) is 0 Å². The molecule has 118 valence electrons. The maximum Gasteiger partial charge on any atom is 0.223 e. The van der Waals surface area contributed by atoms with Gasteiger partial charge in [0.05, 0.1) is 19.3 Å². The Labute approximate surface area is 124 Å². The Morgan fingerprint density at radius 3 is 2.95 bits per heavy atom. The Morgan fingerprint density at radius 2 is 2.29 bits per heavy atom. The second-order valence-corrected chi connectivity index (χ2v) is 5.22. The lowest BCUT2D eigenvalue weighted by molar-refractivity contribution is -0.155. The first-order valence-corrected chi connectivity index (χ1v) is 7.34. The van der Waals surface area contributed by atoms with Crippen molar-refractivity contribution in [2.24, 2.45) is 0 Å². The molecule has 0 unspecified atom stereocenters. The summed E-state index contributed by atoms with van der Waals surface area (Å²) in [4.78, 5) is 13.9. The molecule has 7 nitrogen and oxygen atoms in total. The number of aromatic nitrogens is 2. The van der Waals surface area contributed by atoms with E-state index in [2.05, 4.69) is 5.10 Å². The largest absolute Gasteiger partial charge is 0.388 e. The summed E-state index contributed by atoms with van der Waals surface area (Å²) in [6, 6.07) is 1.37. The minimum Gasteiger partial charge on any atom is -0.388 e. The number of carbonyl (C=O) groups is 1. The Hall–Kier alpha value is -1.44. The van der Waals surface area contributed by atoms with E-state index in [1.807, 2.05) is 19.2 Å². The predicted molar refractivity (Wildman–Crippen MR) is 75.5 cm³/mol. The van der Waals surface area contributed by atoms with Crippen molar-refractivity contribution >= 4 is 5.91 Å². The highest BCUT2D eigenvalue weighted by atomic mass is 16.5. The minimum atomic E-state index is -0.950. The van der Waals surface area contributed by atoms with Crippen LogP contribution in [0.15, 0.2) is 18.5 Å². The number of amides is 1. The van der Waals surface area contributed by atoms with Gasteiger partial charge >= 0.3 is 0 Å². The van der Waals surface area contributed by atoms with Gasteiger partial charge in [-0.25, -0.2) is 0 Å². The van der Waals surface area contributed by atoms with Crippen LogP contribution in [0.3, 0.4) is 0 Å². The van der Waals surface area contributed by atoms with E-state index >= 15 is 0 Å². The average molecular weight is 297 g/mol. The number of aryl methyl sites for hydroxylation is 1. The van der Waals surface area contributed by atoms with Gasteiger partial charge in [0.25, 0.3) is 0 Å². The highest BCUT2D eigenvalue weighted by molar-refractivity contribution is 5.76. The summed E-state index contributed by atoms with van der Waals surface area (Å²) in [6.07, 6.45) is 2.74. The first-order chi connectivity index (χ1) is 10.1. The smallest absolute Gasteiger partial charge is 0.223 e. The third-order valence-corrected chi connectivity index (χ3v) is 3.76. The number of likely N-dealkylation sites (N-methyl/N-ethyl adjacent to an activating group) is 1. The summed E-state index contributed by atoms with van der Waals surface area (Å²) in [7, 11) is 0. The van der Waals surface area contributed by atoms with Crippen LogP contribution in [0.25, 0.3) is 0 Å². The molecule has 21 heavy (non-hydrogen) atoms. The molecule has 1 aromatic heterocycles. The molecule has 0 spiro atoms. The number of rotatable bonds is 6. The topological polar surface area (TPSA) is 87.8 Å². The van der Waals surface area contributed by atoms with Gasteiger partial charge in [-0.2, -0.15) is 5.10 Å². The maximum absolute atomic E-state index is 12.3. The van der Waals surface area contributed by atoms with E-state index in [-0.39, 0.29) is 19.1 Å². The van der Waals surface area contributed by atoms with Crippen LogP contribution < -0.4 is 0 Å². The normalized spacial score (nSPS) is 25.8. The molecule has 1 amide bonds. The van der Waals surface area contributed by atoms with Crippen molar-refractivity contribution in [1.82, 2.24) is 14.7 Å². The Morgan fingerprint density at radius 1 is 1.48 bits per heavy atom. The van der Waals surface area contributed by atoms with Gasteiger partial charge in [0, 0.05) is 31.9 Å². The minimum absolute atomic E-state index is 0.0357. The van der Waals surface area contributed by atoms with Gasteiger partial charge in [-0.1, -0.05) is 0 Å². The summed E-state index contributed by atoms with van der Waals surface area (Å²) in [5.74, 6) is -0.0357. The zero-order valence-corrected chi connectivity index (χ0v) is 12.3. The molecule has 1 aliphatic heterocycles. The van der Waals surface area contributed by atoms with Crippen molar-refractivity contribution in [2.45, 2.75) is 44.6 Å². The quantitative estimate of drug-likeness (QED) is 0.748. The molecule has 1 saturated heterocycles. The molecular weight excluding hydrogens is 274 g/mol. The molecule has 1 aromatic rings. The maximum atomic E-state index is 12.3. The zero-order chi connectivity index (χ0) is 15.2. The molecule has 0 bridgehead atoms. The summed E-state index contributed by atoms with van der Waals surface area (Å²) < 4.78 is 7.03. The van der Waals surface area contributed by atoms with Crippen LogP contribution in [-0.4, -0.2) is 68.8 Å². The molecule has 2 N–H and O–H groups in total. The predicted octanol–water partition coefficient (Wildman–Crippen LogP) is -0.368. The van der Waals surface area contributed by atoms with E-state index < -0.39 is 18.2 Å². The number of ether oxygens (including phenoxy) is 1. The third kappa shape index (κ3) is 4.03. The van der Waals surface area contributed by atoms with Crippen LogP contribution in [0.5, 0.6) is 0 Å². The molecule has 2 rings (SSSR count). The van der Waals surface area contributed by atoms with Crippen molar-refractivity contribution in [3.8, 4) is 0 Å². The Balaban J connectivity index is 1.85. The average Bonchev–Trinajstić information content (AvgIpc) is 2.97. The SMILES string of the molecule is CCN(C(=O)CCCn1cccn1)[C@@H]1COC[C@@H](O)[C@H]1O. The summed E-state index contributed by atoms with van der Waals surface area (Å²) >= 11 is 0. The lowest BCUT2D eigenvalue weighted by Gasteiger charge is -2.39. The van der Waals surface area contributed by atoms with Crippen LogP contribution in [0.2, 0.25) is 0 Å². The summed E-state index contributed by atoms with van der Waals surface area (Å²) in [5, 5.41) is 23.8. The molecule has 0 radical (unpaired) electrons. The van der Waals surface area contributed by atoms with Gasteiger partial charge in [-0.15, -0.1) is 0 Å². The second kappa shape index (κ2) is 7.53. The molecule has 1 fully saturated rings. The fraction of sp³-hybridized carbons (Fsp3) is 0.714. The van der Waals surface area contributed by atoms with Gasteiger partial charge in [0.2, 0.25) is 5.91 Å². The van der Waals surface area contributed by atoms with Gasteiger partial charge < -0.3 is 19.8 Å². The van der Waals surface area contributed by atoms with Crippen LogP contribution in [0, 0.1) is 0 Å². The van der Waals surface area contributed by atoms with E-state index in [4.69, 9.17) is 4.74 Å².